The van der Waals surface area contributed by atoms with Crippen LogP contribution in [0.1, 0.15) is 42.4 Å². The van der Waals surface area contributed by atoms with Crippen molar-refractivity contribution in [1.29, 1.82) is 0 Å². The third-order valence-corrected chi connectivity index (χ3v) is 5.37. The molecule has 0 fully saturated rings. The van der Waals surface area contributed by atoms with E-state index in [4.69, 9.17) is 5.73 Å². The zero-order valence-electron chi connectivity index (χ0n) is 15.6. The summed E-state index contributed by atoms with van der Waals surface area (Å²) in [6, 6.07) is 5.85. The van der Waals surface area contributed by atoms with Gasteiger partial charge in [0, 0.05) is 18.1 Å². The molecule has 6 nitrogen and oxygen atoms in total. The average Bonchev–Trinajstić information content (AvgIpc) is 2.97. The second-order valence-electron chi connectivity index (χ2n) is 7.07. The second-order valence-corrected chi connectivity index (χ2v) is 8.07. The highest BCUT2D eigenvalue weighted by Crippen LogP contribution is 2.40. The minimum Gasteiger partial charge on any atom is -0.397 e. The Morgan fingerprint density at radius 1 is 1.36 bits per heavy atom. The number of fused-ring (bicyclic) bond motifs is 1. The Kier molecular flexibility index (Phi) is 5.31. The summed E-state index contributed by atoms with van der Waals surface area (Å²) >= 11 is 1.12. The molecule has 4 N–H and O–H groups in total. The van der Waals surface area contributed by atoms with Gasteiger partial charge in [-0.15, -0.1) is 11.3 Å². The summed E-state index contributed by atoms with van der Waals surface area (Å²) in [7, 11) is 0. The summed E-state index contributed by atoms with van der Waals surface area (Å²) in [5, 5.41) is 13.0. The SMILES string of the molecule is CC(=O)c1sc2nc(NC(C)(C)CO)nc(-c3cccc(C(F)F)c3)c2c1N. The third-order valence-electron chi connectivity index (χ3n) is 4.17. The number of halogens is 2. The van der Waals surface area contributed by atoms with E-state index in [1.165, 1.54) is 25.1 Å². The van der Waals surface area contributed by atoms with Gasteiger partial charge in [0.2, 0.25) is 5.95 Å². The van der Waals surface area contributed by atoms with Crippen LogP contribution in [0.2, 0.25) is 0 Å². The number of Topliss-reactive ketones (excluding diaryl/α,β-unsaturated/α-hetero) is 1. The summed E-state index contributed by atoms with van der Waals surface area (Å²) < 4.78 is 26.3. The topological polar surface area (TPSA) is 101 Å². The summed E-state index contributed by atoms with van der Waals surface area (Å²) in [5.74, 6) is -0.00155. The van der Waals surface area contributed by atoms with Crippen molar-refractivity contribution >= 4 is 39.0 Å². The predicted molar refractivity (Wildman–Crippen MR) is 107 cm³/mol. The van der Waals surface area contributed by atoms with Crippen LogP contribution in [-0.4, -0.2) is 33.0 Å². The number of hydrogen-bond donors (Lipinski definition) is 3. The van der Waals surface area contributed by atoms with E-state index >= 15 is 0 Å². The van der Waals surface area contributed by atoms with Crippen molar-refractivity contribution in [3.63, 3.8) is 0 Å². The molecule has 0 saturated carbocycles. The maximum absolute atomic E-state index is 13.2. The van der Waals surface area contributed by atoms with Crippen LogP contribution in [0.15, 0.2) is 24.3 Å². The molecule has 0 bridgehead atoms. The molecule has 9 heteroatoms. The van der Waals surface area contributed by atoms with Gasteiger partial charge in [0.1, 0.15) is 4.83 Å². The van der Waals surface area contributed by atoms with Gasteiger partial charge < -0.3 is 16.2 Å². The number of benzene rings is 1. The van der Waals surface area contributed by atoms with Crippen LogP contribution >= 0.6 is 11.3 Å². The molecule has 0 unspecified atom stereocenters. The zero-order chi connectivity index (χ0) is 20.6. The van der Waals surface area contributed by atoms with Gasteiger partial charge in [-0.3, -0.25) is 4.79 Å². The average molecular weight is 406 g/mol. The van der Waals surface area contributed by atoms with Gasteiger partial charge in [0.15, 0.2) is 5.78 Å². The van der Waals surface area contributed by atoms with Crippen LogP contribution in [0.25, 0.3) is 21.5 Å². The number of thiophene rings is 1. The summed E-state index contributed by atoms with van der Waals surface area (Å²) in [5.41, 5.74) is 6.36. The molecule has 28 heavy (non-hydrogen) atoms. The lowest BCUT2D eigenvalue weighted by molar-refractivity contribution is 0.102. The summed E-state index contributed by atoms with van der Waals surface area (Å²) in [6.07, 6.45) is -2.63. The van der Waals surface area contributed by atoms with Crippen molar-refractivity contribution in [2.45, 2.75) is 32.7 Å². The smallest absolute Gasteiger partial charge is 0.263 e. The van der Waals surface area contributed by atoms with Crippen molar-refractivity contribution < 1.29 is 18.7 Å². The van der Waals surface area contributed by atoms with Crippen LogP contribution in [0.4, 0.5) is 20.4 Å². The largest absolute Gasteiger partial charge is 0.397 e. The molecule has 0 aliphatic rings. The number of nitrogens with one attached hydrogen (secondary N) is 1. The van der Waals surface area contributed by atoms with Gasteiger partial charge in [0.05, 0.1) is 33.8 Å². The first-order valence-corrected chi connectivity index (χ1v) is 9.33. The lowest BCUT2D eigenvalue weighted by Gasteiger charge is -2.23. The van der Waals surface area contributed by atoms with Gasteiger partial charge in [-0.2, -0.15) is 0 Å². The number of alkyl halides is 2. The molecular weight excluding hydrogens is 386 g/mol. The highest BCUT2D eigenvalue weighted by molar-refractivity contribution is 7.21. The fourth-order valence-corrected chi connectivity index (χ4v) is 3.70. The van der Waals surface area contributed by atoms with Crippen LogP contribution in [-0.2, 0) is 0 Å². The molecule has 0 spiro atoms. The Bertz CT molecular complexity index is 1050. The third kappa shape index (κ3) is 3.81. The van der Waals surface area contributed by atoms with E-state index in [1.54, 1.807) is 19.9 Å². The number of ketones is 1. The Hall–Kier alpha value is -2.65. The van der Waals surface area contributed by atoms with E-state index in [2.05, 4.69) is 15.3 Å². The van der Waals surface area contributed by atoms with Gasteiger partial charge in [0.25, 0.3) is 6.43 Å². The number of aliphatic hydroxyl groups is 1. The molecule has 2 heterocycles. The van der Waals surface area contributed by atoms with E-state index in [9.17, 15) is 18.7 Å². The Morgan fingerprint density at radius 3 is 2.68 bits per heavy atom. The highest BCUT2D eigenvalue weighted by Gasteiger charge is 2.23. The highest BCUT2D eigenvalue weighted by atomic mass is 32.1. The number of hydrogen-bond acceptors (Lipinski definition) is 7. The molecule has 0 radical (unpaired) electrons. The molecule has 148 valence electrons. The number of aliphatic hydroxyl groups excluding tert-OH is 1. The fourth-order valence-electron chi connectivity index (χ4n) is 2.71. The first kappa shape index (κ1) is 20.1. The number of nitrogen functional groups attached to an aromatic ring is 1. The minimum atomic E-state index is -2.63. The lowest BCUT2D eigenvalue weighted by Crippen LogP contribution is -2.35. The molecule has 3 rings (SSSR count). The van der Waals surface area contributed by atoms with Crippen LogP contribution in [0.3, 0.4) is 0 Å². The molecular formula is C19H20F2N4O2S. The number of rotatable bonds is 6. The van der Waals surface area contributed by atoms with Crippen LogP contribution < -0.4 is 11.1 Å². The summed E-state index contributed by atoms with van der Waals surface area (Å²) in [4.78, 5) is 21.6. The molecule has 0 aliphatic carbocycles. The van der Waals surface area contributed by atoms with E-state index in [0.29, 0.717) is 26.4 Å². The zero-order valence-corrected chi connectivity index (χ0v) is 16.4. The molecule has 1 aromatic carbocycles. The molecule has 0 saturated heterocycles. The van der Waals surface area contributed by atoms with E-state index < -0.39 is 12.0 Å². The van der Waals surface area contributed by atoms with Crippen molar-refractivity contribution in [2.24, 2.45) is 0 Å². The van der Waals surface area contributed by atoms with Gasteiger partial charge in [-0.25, -0.2) is 18.7 Å². The second kappa shape index (κ2) is 7.40. The quantitative estimate of drug-likeness (QED) is 0.529. The Labute approximate surface area is 164 Å². The lowest BCUT2D eigenvalue weighted by atomic mass is 10.0. The maximum atomic E-state index is 13.2. The van der Waals surface area contributed by atoms with E-state index in [0.717, 1.165) is 11.3 Å². The molecule has 2 aromatic heterocycles. The number of carbonyl (C=O) groups is 1. The number of aromatic nitrogens is 2. The summed E-state index contributed by atoms with van der Waals surface area (Å²) in [6.45, 7) is 4.76. The van der Waals surface area contributed by atoms with Crippen molar-refractivity contribution in [2.75, 3.05) is 17.7 Å². The number of nitrogens with two attached hydrogens (primary N) is 1. The van der Waals surface area contributed by atoms with Gasteiger partial charge in [-0.1, -0.05) is 18.2 Å². The number of carbonyl (C=O) groups excluding carboxylic acids is 1. The van der Waals surface area contributed by atoms with E-state index in [1.807, 2.05) is 0 Å². The van der Waals surface area contributed by atoms with Gasteiger partial charge in [-0.05, 0) is 19.9 Å². The van der Waals surface area contributed by atoms with Gasteiger partial charge >= 0.3 is 0 Å². The number of nitrogens with zero attached hydrogens (tertiary/aromatic N) is 2. The van der Waals surface area contributed by atoms with Crippen molar-refractivity contribution in [3.8, 4) is 11.3 Å². The van der Waals surface area contributed by atoms with Crippen LogP contribution in [0.5, 0.6) is 0 Å². The first-order chi connectivity index (χ1) is 13.1. The van der Waals surface area contributed by atoms with Crippen molar-refractivity contribution in [3.05, 3.63) is 34.7 Å². The standard InChI is InChI=1S/C19H20F2N4O2S/c1-9(27)15-13(22)12-14(10-5-4-6-11(7-10)16(20)21)23-18(24-17(12)28-15)25-19(2,3)8-26/h4-7,16,26H,8,22H2,1-3H3,(H,23,24,25). The molecule has 0 atom stereocenters. The first-order valence-electron chi connectivity index (χ1n) is 8.51. The van der Waals surface area contributed by atoms with E-state index in [-0.39, 0.29) is 29.6 Å². The van der Waals surface area contributed by atoms with Crippen LogP contribution in [0, 0.1) is 0 Å². The predicted octanol–water partition coefficient (Wildman–Crippen LogP) is 4.26. The normalized spacial score (nSPS) is 12.0. The maximum Gasteiger partial charge on any atom is 0.263 e. The van der Waals surface area contributed by atoms with Crippen molar-refractivity contribution in [1.82, 2.24) is 9.97 Å². The number of anilines is 2. The Morgan fingerprint density at radius 2 is 2.07 bits per heavy atom. The monoisotopic (exact) mass is 406 g/mol. The molecule has 0 aliphatic heterocycles. The molecule has 0 amide bonds. The Balaban J connectivity index is 2.29. The fraction of sp³-hybridized carbons (Fsp3) is 0.316. The minimum absolute atomic E-state index is 0.143. The molecule has 3 aromatic rings.